The van der Waals surface area contributed by atoms with Crippen molar-refractivity contribution in [1.29, 1.82) is 0 Å². The number of amides is 1. The number of anilines is 1. The molecule has 1 saturated heterocycles. The van der Waals surface area contributed by atoms with Gasteiger partial charge in [-0.3, -0.25) is 9.59 Å². The molecule has 0 aromatic carbocycles. The van der Waals surface area contributed by atoms with Gasteiger partial charge in [0.05, 0.1) is 18.0 Å². The standard InChI is InChI=1S/C13H19N3O5S/c1-15-7-9(4-5-12(15)17)14-13(18)11-6-10(21-2)8-16(11)22(3,19)20/h4-5,7,10-11H,6,8H2,1-3H3,(H,14,18)/t10-,11+/m0/s1. The van der Waals surface area contributed by atoms with E-state index in [1.165, 1.54) is 30.0 Å². The SMILES string of the molecule is CO[C@H]1C[C@H](C(=O)Nc2ccc(=O)n(C)c2)N(S(C)(=O)=O)C1. The summed E-state index contributed by atoms with van der Waals surface area (Å²) < 4.78 is 31.2. The van der Waals surface area contributed by atoms with Crippen LogP contribution in [0.25, 0.3) is 0 Å². The first kappa shape index (κ1) is 16.7. The molecule has 0 unspecified atom stereocenters. The van der Waals surface area contributed by atoms with E-state index in [2.05, 4.69) is 5.32 Å². The molecular formula is C13H19N3O5S. The monoisotopic (exact) mass is 329 g/mol. The van der Waals surface area contributed by atoms with Crippen molar-refractivity contribution in [1.82, 2.24) is 8.87 Å². The molecule has 0 spiro atoms. The molecule has 2 rings (SSSR count). The first-order valence-corrected chi connectivity index (χ1v) is 8.54. The zero-order chi connectivity index (χ0) is 16.5. The molecule has 22 heavy (non-hydrogen) atoms. The van der Waals surface area contributed by atoms with Crippen molar-refractivity contribution in [2.75, 3.05) is 25.2 Å². The number of pyridine rings is 1. The van der Waals surface area contributed by atoms with E-state index in [9.17, 15) is 18.0 Å². The lowest BCUT2D eigenvalue weighted by Crippen LogP contribution is -2.42. The third kappa shape index (κ3) is 3.54. The van der Waals surface area contributed by atoms with Gasteiger partial charge < -0.3 is 14.6 Å². The maximum Gasteiger partial charge on any atom is 0.250 e. The van der Waals surface area contributed by atoms with Gasteiger partial charge in [0, 0.05) is 39.4 Å². The molecule has 2 heterocycles. The highest BCUT2D eigenvalue weighted by atomic mass is 32.2. The van der Waals surface area contributed by atoms with E-state index in [4.69, 9.17) is 4.74 Å². The molecule has 9 heteroatoms. The quantitative estimate of drug-likeness (QED) is 0.793. The fourth-order valence-corrected chi connectivity index (χ4v) is 3.52. The maximum absolute atomic E-state index is 12.4. The van der Waals surface area contributed by atoms with Crippen molar-refractivity contribution in [3.05, 3.63) is 28.7 Å². The van der Waals surface area contributed by atoms with Crippen LogP contribution in [-0.2, 0) is 26.6 Å². The van der Waals surface area contributed by atoms with E-state index in [-0.39, 0.29) is 18.2 Å². The molecule has 0 saturated carbocycles. The second kappa shape index (κ2) is 6.19. The molecule has 1 N–H and O–H groups in total. The average molecular weight is 329 g/mol. The van der Waals surface area contributed by atoms with Gasteiger partial charge in [-0.15, -0.1) is 0 Å². The van der Waals surface area contributed by atoms with Crippen molar-refractivity contribution < 1.29 is 17.9 Å². The number of aryl methyl sites for hydroxylation is 1. The molecule has 1 aliphatic heterocycles. The van der Waals surface area contributed by atoms with Crippen LogP contribution in [0, 0.1) is 0 Å². The number of ether oxygens (including phenoxy) is 1. The Hall–Kier alpha value is -1.71. The Morgan fingerprint density at radius 1 is 1.41 bits per heavy atom. The summed E-state index contributed by atoms with van der Waals surface area (Å²) in [5, 5.41) is 2.64. The molecule has 122 valence electrons. The van der Waals surface area contributed by atoms with Crippen LogP contribution in [0.3, 0.4) is 0 Å². The highest BCUT2D eigenvalue weighted by Gasteiger charge is 2.41. The van der Waals surface area contributed by atoms with Gasteiger partial charge in [-0.05, 0) is 6.07 Å². The summed E-state index contributed by atoms with van der Waals surface area (Å²) in [5.74, 6) is -0.441. The second-order valence-electron chi connectivity index (χ2n) is 5.30. The molecule has 0 aliphatic carbocycles. The van der Waals surface area contributed by atoms with Crippen molar-refractivity contribution in [3.8, 4) is 0 Å². The number of nitrogens with zero attached hydrogens (tertiary/aromatic N) is 2. The largest absolute Gasteiger partial charge is 0.380 e. The Morgan fingerprint density at radius 2 is 2.09 bits per heavy atom. The minimum absolute atomic E-state index is 0.153. The zero-order valence-electron chi connectivity index (χ0n) is 12.6. The van der Waals surface area contributed by atoms with Crippen LogP contribution in [0.15, 0.2) is 23.1 Å². The first-order chi connectivity index (χ1) is 10.2. The molecule has 1 aliphatic rings. The van der Waals surface area contributed by atoms with Gasteiger partial charge >= 0.3 is 0 Å². The van der Waals surface area contributed by atoms with E-state index < -0.39 is 22.0 Å². The average Bonchev–Trinajstić information content (AvgIpc) is 2.87. The highest BCUT2D eigenvalue weighted by molar-refractivity contribution is 7.88. The van der Waals surface area contributed by atoms with Crippen molar-refractivity contribution in [3.63, 3.8) is 0 Å². The molecule has 1 aromatic heterocycles. The fraction of sp³-hybridized carbons (Fsp3) is 0.538. The van der Waals surface area contributed by atoms with Gasteiger partial charge in [-0.1, -0.05) is 0 Å². The molecule has 2 atom stereocenters. The molecule has 0 bridgehead atoms. The Bertz CT molecular complexity index is 727. The van der Waals surface area contributed by atoms with E-state index in [0.29, 0.717) is 12.1 Å². The summed E-state index contributed by atoms with van der Waals surface area (Å²) in [6.45, 7) is 0.153. The number of nitrogens with one attached hydrogen (secondary N) is 1. The number of methoxy groups -OCH3 is 1. The van der Waals surface area contributed by atoms with Crippen molar-refractivity contribution in [2.45, 2.75) is 18.6 Å². The van der Waals surface area contributed by atoms with Crippen LogP contribution in [0.2, 0.25) is 0 Å². The Morgan fingerprint density at radius 3 is 2.64 bits per heavy atom. The van der Waals surface area contributed by atoms with Gasteiger partial charge in [-0.2, -0.15) is 4.31 Å². The molecule has 1 amide bonds. The van der Waals surface area contributed by atoms with Crippen LogP contribution in [-0.4, -0.2) is 55.3 Å². The fourth-order valence-electron chi connectivity index (χ4n) is 2.44. The van der Waals surface area contributed by atoms with E-state index >= 15 is 0 Å². The lowest BCUT2D eigenvalue weighted by atomic mass is 10.2. The van der Waals surface area contributed by atoms with Gasteiger partial charge in [0.15, 0.2) is 0 Å². The molecule has 8 nitrogen and oxygen atoms in total. The number of rotatable bonds is 4. The van der Waals surface area contributed by atoms with Crippen LogP contribution < -0.4 is 10.9 Å². The Kier molecular flexibility index (Phi) is 4.69. The Labute approximate surface area is 128 Å². The molecule has 1 fully saturated rings. The van der Waals surface area contributed by atoms with Crippen LogP contribution in [0.1, 0.15) is 6.42 Å². The summed E-state index contributed by atoms with van der Waals surface area (Å²) in [4.78, 5) is 23.7. The third-order valence-electron chi connectivity index (χ3n) is 3.63. The number of sulfonamides is 1. The van der Waals surface area contributed by atoms with Gasteiger partial charge in [0.1, 0.15) is 6.04 Å². The zero-order valence-corrected chi connectivity index (χ0v) is 13.5. The summed E-state index contributed by atoms with van der Waals surface area (Å²) in [6.07, 6.45) is 2.53. The van der Waals surface area contributed by atoms with Crippen LogP contribution >= 0.6 is 0 Å². The number of carbonyl (C=O) groups is 1. The van der Waals surface area contributed by atoms with Gasteiger partial charge in [-0.25, -0.2) is 8.42 Å². The van der Waals surface area contributed by atoms with E-state index in [0.717, 1.165) is 10.6 Å². The third-order valence-corrected chi connectivity index (χ3v) is 4.89. The number of aromatic nitrogens is 1. The van der Waals surface area contributed by atoms with Crippen molar-refractivity contribution in [2.24, 2.45) is 7.05 Å². The lowest BCUT2D eigenvalue weighted by molar-refractivity contribution is -0.119. The van der Waals surface area contributed by atoms with Crippen molar-refractivity contribution >= 4 is 21.6 Å². The second-order valence-corrected chi connectivity index (χ2v) is 7.23. The number of carbonyl (C=O) groups excluding carboxylic acids is 1. The molecule has 0 radical (unpaired) electrons. The predicted molar refractivity (Wildman–Crippen MR) is 81.1 cm³/mol. The minimum Gasteiger partial charge on any atom is -0.380 e. The lowest BCUT2D eigenvalue weighted by Gasteiger charge is -2.21. The molecule has 1 aromatic rings. The van der Waals surface area contributed by atoms with E-state index in [1.807, 2.05) is 0 Å². The predicted octanol–water partition coefficient (Wildman–Crippen LogP) is -0.627. The number of hydrogen-bond donors (Lipinski definition) is 1. The van der Waals surface area contributed by atoms with Gasteiger partial charge in [0.2, 0.25) is 21.5 Å². The summed E-state index contributed by atoms with van der Waals surface area (Å²) in [5.41, 5.74) is 0.234. The number of hydrogen-bond acceptors (Lipinski definition) is 5. The van der Waals surface area contributed by atoms with Gasteiger partial charge in [0.25, 0.3) is 0 Å². The topological polar surface area (TPSA) is 97.7 Å². The smallest absolute Gasteiger partial charge is 0.250 e. The molecular weight excluding hydrogens is 310 g/mol. The minimum atomic E-state index is -3.51. The van der Waals surface area contributed by atoms with Crippen LogP contribution in [0.5, 0.6) is 0 Å². The highest BCUT2D eigenvalue weighted by Crippen LogP contribution is 2.24. The summed E-state index contributed by atoms with van der Waals surface area (Å²) in [6, 6.07) is 1.99. The maximum atomic E-state index is 12.4. The van der Waals surface area contributed by atoms with E-state index in [1.54, 1.807) is 7.05 Å². The first-order valence-electron chi connectivity index (χ1n) is 6.69. The van der Waals surface area contributed by atoms with Crippen LogP contribution in [0.4, 0.5) is 5.69 Å². The normalized spacial score (nSPS) is 22.7. The Balaban J connectivity index is 2.19. The summed E-state index contributed by atoms with van der Waals surface area (Å²) in [7, 11) is -0.458. The summed E-state index contributed by atoms with van der Waals surface area (Å²) >= 11 is 0.